The summed E-state index contributed by atoms with van der Waals surface area (Å²) in [5.41, 5.74) is 1.07. The molecule has 2 N–H and O–H groups in total. The molecule has 2 aromatic carbocycles. The first-order valence-electron chi connectivity index (χ1n) is 5.94. The van der Waals surface area contributed by atoms with E-state index in [0.717, 1.165) is 5.56 Å². The highest BCUT2D eigenvalue weighted by Gasteiger charge is 2.21. The lowest BCUT2D eigenvalue weighted by molar-refractivity contribution is -0.383. The van der Waals surface area contributed by atoms with Gasteiger partial charge in [0.25, 0.3) is 5.69 Å². The Morgan fingerprint density at radius 3 is 2.62 bits per heavy atom. The first kappa shape index (κ1) is 15.0. The van der Waals surface area contributed by atoms with Gasteiger partial charge in [0.05, 0.1) is 16.2 Å². The van der Waals surface area contributed by atoms with Gasteiger partial charge >= 0.3 is 5.97 Å². The Balaban J connectivity index is 2.56. The molecule has 0 bridgehead atoms. The van der Waals surface area contributed by atoms with Crippen LogP contribution in [0.4, 0.5) is 17.1 Å². The van der Waals surface area contributed by atoms with Crippen molar-refractivity contribution in [2.24, 2.45) is 0 Å². The van der Waals surface area contributed by atoms with Gasteiger partial charge in [-0.2, -0.15) is 0 Å². The molecule has 21 heavy (non-hydrogen) atoms. The Labute approximate surface area is 128 Å². The molecule has 0 aromatic heterocycles. The highest BCUT2D eigenvalue weighted by atomic mass is 79.9. The van der Waals surface area contributed by atoms with Gasteiger partial charge in [0.2, 0.25) is 0 Å². The number of nitrogens with zero attached hydrogens (tertiary/aromatic N) is 1. The number of aryl methyl sites for hydroxylation is 1. The molecule has 6 nitrogen and oxygen atoms in total. The number of carbonyl (C=O) groups is 1. The summed E-state index contributed by atoms with van der Waals surface area (Å²) in [7, 11) is 0. The number of hydrogen-bond acceptors (Lipinski definition) is 4. The highest BCUT2D eigenvalue weighted by molar-refractivity contribution is 9.10. The van der Waals surface area contributed by atoms with E-state index in [4.69, 9.17) is 0 Å². The van der Waals surface area contributed by atoms with Gasteiger partial charge in [0.1, 0.15) is 5.69 Å². The normalized spacial score (nSPS) is 10.2. The van der Waals surface area contributed by atoms with Crippen LogP contribution in [0, 0.1) is 17.0 Å². The molecule has 0 saturated carbocycles. The van der Waals surface area contributed by atoms with E-state index < -0.39 is 10.9 Å². The van der Waals surface area contributed by atoms with Crippen molar-refractivity contribution in [2.45, 2.75) is 6.92 Å². The number of aromatic carboxylic acids is 1. The molecule has 0 unspecified atom stereocenters. The Hall–Kier alpha value is -2.41. The van der Waals surface area contributed by atoms with Gasteiger partial charge in [-0.1, -0.05) is 12.1 Å². The summed E-state index contributed by atoms with van der Waals surface area (Å²) in [4.78, 5) is 21.7. The second-order valence-electron chi connectivity index (χ2n) is 4.37. The van der Waals surface area contributed by atoms with Crippen molar-refractivity contribution in [2.75, 3.05) is 5.32 Å². The van der Waals surface area contributed by atoms with Crippen molar-refractivity contribution in [1.82, 2.24) is 0 Å². The van der Waals surface area contributed by atoms with Gasteiger partial charge in [-0.05, 0) is 46.6 Å². The van der Waals surface area contributed by atoms with Gasteiger partial charge in [-0.3, -0.25) is 10.1 Å². The van der Waals surface area contributed by atoms with Crippen LogP contribution >= 0.6 is 15.9 Å². The second kappa shape index (κ2) is 5.92. The third-order valence-corrected chi connectivity index (χ3v) is 3.51. The van der Waals surface area contributed by atoms with Crippen molar-refractivity contribution >= 4 is 39.0 Å². The summed E-state index contributed by atoms with van der Waals surface area (Å²) in [6.07, 6.45) is 0. The van der Waals surface area contributed by atoms with Crippen molar-refractivity contribution in [3.05, 3.63) is 62.1 Å². The number of para-hydroxylation sites is 1. The quantitative estimate of drug-likeness (QED) is 0.639. The number of rotatable bonds is 4. The molecule has 0 fully saturated rings. The van der Waals surface area contributed by atoms with E-state index in [-0.39, 0.29) is 16.9 Å². The minimum atomic E-state index is -1.23. The second-order valence-corrected chi connectivity index (χ2v) is 5.22. The molecule has 0 atom stereocenters. The molecule has 0 heterocycles. The largest absolute Gasteiger partial charge is 0.478 e. The smallest absolute Gasteiger partial charge is 0.338 e. The van der Waals surface area contributed by atoms with Crippen molar-refractivity contribution < 1.29 is 14.8 Å². The van der Waals surface area contributed by atoms with Gasteiger partial charge in [-0.15, -0.1) is 0 Å². The Morgan fingerprint density at radius 1 is 1.33 bits per heavy atom. The summed E-state index contributed by atoms with van der Waals surface area (Å²) in [6, 6.07) is 9.30. The number of nitrogens with one attached hydrogen (secondary N) is 1. The fourth-order valence-corrected chi connectivity index (χ4v) is 2.45. The van der Waals surface area contributed by atoms with Gasteiger partial charge in [-0.25, -0.2) is 4.79 Å². The zero-order chi connectivity index (χ0) is 15.6. The van der Waals surface area contributed by atoms with Crippen LogP contribution in [0.5, 0.6) is 0 Å². The number of hydrogen-bond donors (Lipinski definition) is 2. The summed E-state index contributed by atoms with van der Waals surface area (Å²) >= 11 is 3.35. The first-order valence-corrected chi connectivity index (χ1v) is 6.73. The molecular weight excluding hydrogens is 340 g/mol. The molecule has 108 valence electrons. The van der Waals surface area contributed by atoms with Crippen molar-refractivity contribution in [3.63, 3.8) is 0 Å². The van der Waals surface area contributed by atoms with E-state index >= 15 is 0 Å². The van der Waals surface area contributed by atoms with E-state index in [9.17, 15) is 20.0 Å². The molecule has 7 heteroatoms. The molecule has 0 amide bonds. The summed E-state index contributed by atoms with van der Waals surface area (Å²) < 4.78 is 0.692. The van der Waals surface area contributed by atoms with E-state index in [1.165, 1.54) is 18.2 Å². The van der Waals surface area contributed by atoms with Crippen LogP contribution in [0.15, 0.2) is 40.9 Å². The van der Waals surface area contributed by atoms with E-state index in [1.54, 1.807) is 6.07 Å². The molecule has 2 aromatic rings. The highest BCUT2D eigenvalue weighted by Crippen LogP contribution is 2.34. The minimum absolute atomic E-state index is 0.0421. The zero-order valence-electron chi connectivity index (χ0n) is 11.0. The lowest BCUT2D eigenvalue weighted by Gasteiger charge is -2.12. The average Bonchev–Trinajstić information content (AvgIpc) is 2.41. The molecule has 0 saturated heterocycles. The maximum atomic E-state index is 11.3. The first-order chi connectivity index (χ1) is 9.90. The maximum Gasteiger partial charge on any atom is 0.338 e. The maximum absolute atomic E-state index is 11.3. The Bertz CT molecular complexity index is 699. The lowest BCUT2D eigenvalue weighted by atomic mass is 10.1. The van der Waals surface area contributed by atoms with Crippen LogP contribution < -0.4 is 5.32 Å². The summed E-state index contributed by atoms with van der Waals surface area (Å²) in [6.45, 7) is 1.90. The lowest BCUT2D eigenvalue weighted by Crippen LogP contribution is -2.06. The van der Waals surface area contributed by atoms with Gasteiger partial charge < -0.3 is 10.4 Å². The standard InChI is InChI=1S/C14H11BrN2O4/c1-8-5-6-11(10(15)7-8)16-13-9(14(18)19)3-2-4-12(13)17(20)21/h2-7,16H,1H3,(H,18,19). The summed E-state index contributed by atoms with van der Waals surface area (Å²) in [5.74, 6) is -1.23. The van der Waals surface area contributed by atoms with E-state index in [2.05, 4.69) is 21.2 Å². The zero-order valence-corrected chi connectivity index (χ0v) is 12.5. The minimum Gasteiger partial charge on any atom is -0.478 e. The van der Waals surface area contributed by atoms with Crippen LogP contribution in [-0.2, 0) is 0 Å². The predicted octanol–water partition coefficient (Wildman–Crippen LogP) is 4.11. The number of carboxylic acids is 1. The van der Waals surface area contributed by atoms with E-state index in [1.807, 2.05) is 19.1 Å². The fourth-order valence-electron chi connectivity index (χ4n) is 1.86. The average molecular weight is 351 g/mol. The molecule has 0 aliphatic heterocycles. The third kappa shape index (κ3) is 3.19. The molecule has 0 aliphatic rings. The van der Waals surface area contributed by atoms with Crippen LogP contribution in [0.25, 0.3) is 0 Å². The van der Waals surface area contributed by atoms with Crippen LogP contribution in [0.3, 0.4) is 0 Å². The summed E-state index contributed by atoms with van der Waals surface area (Å²) in [5, 5.41) is 23.1. The molecular formula is C14H11BrN2O4. The molecule has 2 rings (SSSR count). The van der Waals surface area contributed by atoms with Gasteiger partial charge in [0.15, 0.2) is 0 Å². The van der Waals surface area contributed by atoms with E-state index in [0.29, 0.717) is 10.2 Å². The fraction of sp³-hybridized carbons (Fsp3) is 0.0714. The number of nitro benzene ring substituents is 1. The topological polar surface area (TPSA) is 92.5 Å². The predicted molar refractivity (Wildman–Crippen MR) is 82.2 cm³/mol. The van der Waals surface area contributed by atoms with Crippen molar-refractivity contribution in [3.8, 4) is 0 Å². The third-order valence-electron chi connectivity index (χ3n) is 2.85. The van der Waals surface area contributed by atoms with Crippen LogP contribution in [0.1, 0.15) is 15.9 Å². The molecule has 0 aliphatic carbocycles. The number of carboxylic acid groups (broad SMARTS) is 1. The van der Waals surface area contributed by atoms with Crippen LogP contribution in [0.2, 0.25) is 0 Å². The number of halogens is 1. The number of benzene rings is 2. The molecule has 0 spiro atoms. The van der Waals surface area contributed by atoms with Gasteiger partial charge in [0, 0.05) is 10.5 Å². The Morgan fingerprint density at radius 2 is 2.05 bits per heavy atom. The van der Waals surface area contributed by atoms with Crippen molar-refractivity contribution in [1.29, 1.82) is 0 Å². The van der Waals surface area contributed by atoms with Crippen LogP contribution in [-0.4, -0.2) is 16.0 Å². The SMILES string of the molecule is Cc1ccc(Nc2c(C(=O)O)cccc2[N+](=O)[O-])c(Br)c1. The number of nitro groups is 1. The Kier molecular flexibility index (Phi) is 4.23. The monoisotopic (exact) mass is 350 g/mol. The molecule has 0 radical (unpaired) electrons. The number of anilines is 2.